The van der Waals surface area contributed by atoms with Gasteiger partial charge in [0.1, 0.15) is 23.1 Å². The summed E-state index contributed by atoms with van der Waals surface area (Å²) in [5.74, 6) is -3.16. The van der Waals surface area contributed by atoms with Crippen molar-refractivity contribution in [2.75, 3.05) is 26.6 Å². The van der Waals surface area contributed by atoms with Gasteiger partial charge in [-0.3, -0.25) is 4.79 Å². The SMILES string of the molecule is COC(=O)c1cc(NC(=O)c2ccc(OC)cc2OC)c(F)cc1F. The van der Waals surface area contributed by atoms with Crippen LogP contribution in [-0.4, -0.2) is 33.2 Å². The molecule has 25 heavy (non-hydrogen) atoms. The number of carbonyl (C=O) groups excluding carboxylic acids is 2. The smallest absolute Gasteiger partial charge is 0.340 e. The van der Waals surface area contributed by atoms with Gasteiger partial charge in [-0.1, -0.05) is 0 Å². The molecule has 0 saturated heterocycles. The topological polar surface area (TPSA) is 73.9 Å². The minimum absolute atomic E-state index is 0.103. The fraction of sp³-hybridized carbons (Fsp3) is 0.176. The quantitative estimate of drug-likeness (QED) is 0.838. The Labute approximate surface area is 142 Å². The first kappa shape index (κ1) is 18.2. The Kier molecular flexibility index (Phi) is 5.53. The summed E-state index contributed by atoms with van der Waals surface area (Å²) in [4.78, 5) is 23.9. The van der Waals surface area contributed by atoms with Gasteiger partial charge in [0.2, 0.25) is 0 Å². The molecule has 2 aromatic carbocycles. The van der Waals surface area contributed by atoms with E-state index < -0.39 is 29.1 Å². The lowest BCUT2D eigenvalue weighted by Gasteiger charge is -2.12. The van der Waals surface area contributed by atoms with E-state index in [4.69, 9.17) is 9.47 Å². The number of hydrogen-bond acceptors (Lipinski definition) is 5. The minimum Gasteiger partial charge on any atom is -0.497 e. The lowest BCUT2D eigenvalue weighted by molar-refractivity contribution is 0.0595. The molecule has 1 N–H and O–H groups in total. The number of anilines is 1. The lowest BCUT2D eigenvalue weighted by atomic mass is 10.1. The second-order valence-corrected chi connectivity index (χ2v) is 4.82. The highest BCUT2D eigenvalue weighted by Gasteiger charge is 2.20. The van der Waals surface area contributed by atoms with Crippen molar-refractivity contribution in [3.05, 3.63) is 53.1 Å². The summed E-state index contributed by atoms with van der Waals surface area (Å²) in [5.41, 5.74) is -0.766. The molecule has 6 nitrogen and oxygen atoms in total. The molecule has 0 radical (unpaired) electrons. The highest BCUT2D eigenvalue weighted by Crippen LogP contribution is 2.26. The van der Waals surface area contributed by atoms with Crippen molar-refractivity contribution >= 4 is 17.6 Å². The first-order valence-corrected chi connectivity index (χ1v) is 7.02. The molecule has 0 atom stereocenters. The molecule has 0 aromatic heterocycles. The number of amides is 1. The van der Waals surface area contributed by atoms with Crippen molar-refractivity contribution in [2.45, 2.75) is 0 Å². The summed E-state index contributed by atoms with van der Waals surface area (Å²) in [7, 11) is 3.88. The molecule has 0 aliphatic rings. The third kappa shape index (κ3) is 3.85. The molecule has 0 aliphatic carbocycles. The number of rotatable bonds is 5. The molecule has 1 amide bonds. The molecule has 0 fully saturated rings. The van der Waals surface area contributed by atoms with Crippen LogP contribution in [0.5, 0.6) is 11.5 Å². The summed E-state index contributed by atoms with van der Waals surface area (Å²) < 4.78 is 42.1. The van der Waals surface area contributed by atoms with E-state index in [1.165, 1.54) is 32.4 Å². The van der Waals surface area contributed by atoms with Crippen LogP contribution >= 0.6 is 0 Å². The Hall–Kier alpha value is -3.16. The zero-order chi connectivity index (χ0) is 18.6. The van der Waals surface area contributed by atoms with Crippen LogP contribution in [0.4, 0.5) is 14.5 Å². The van der Waals surface area contributed by atoms with Gasteiger partial charge in [-0.25, -0.2) is 13.6 Å². The van der Waals surface area contributed by atoms with Crippen molar-refractivity contribution in [1.29, 1.82) is 0 Å². The third-order valence-electron chi connectivity index (χ3n) is 3.36. The van der Waals surface area contributed by atoms with Gasteiger partial charge in [-0.05, 0) is 18.2 Å². The summed E-state index contributed by atoms with van der Waals surface area (Å²) in [6.45, 7) is 0. The molecular formula is C17H15F2NO5. The van der Waals surface area contributed by atoms with Gasteiger partial charge < -0.3 is 19.5 Å². The Bertz CT molecular complexity index is 823. The van der Waals surface area contributed by atoms with Crippen LogP contribution in [-0.2, 0) is 4.74 Å². The number of benzene rings is 2. The summed E-state index contributed by atoms with van der Waals surface area (Å²) >= 11 is 0. The maximum atomic E-state index is 13.9. The first-order chi connectivity index (χ1) is 11.9. The standard InChI is InChI=1S/C17H15F2NO5/c1-23-9-4-5-10(15(6-9)24-2)16(21)20-14-7-11(17(22)25-3)12(18)8-13(14)19/h4-8H,1-3H3,(H,20,21). The molecule has 0 heterocycles. The van der Waals surface area contributed by atoms with Gasteiger partial charge >= 0.3 is 5.97 Å². The molecule has 2 rings (SSSR count). The van der Waals surface area contributed by atoms with Crippen LogP contribution in [0.25, 0.3) is 0 Å². The van der Waals surface area contributed by atoms with Crippen LogP contribution in [0.15, 0.2) is 30.3 Å². The highest BCUT2D eigenvalue weighted by molar-refractivity contribution is 6.07. The van der Waals surface area contributed by atoms with E-state index in [1.54, 1.807) is 0 Å². The number of nitrogens with one attached hydrogen (secondary N) is 1. The normalized spacial score (nSPS) is 10.1. The monoisotopic (exact) mass is 351 g/mol. The van der Waals surface area contributed by atoms with Gasteiger partial charge in [0.25, 0.3) is 5.91 Å². The Morgan fingerprint density at radius 2 is 1.64 bits per heavy atom. The van der Waals surface area contributed by atoms with Gasteiger partial charge in [0, 0.05) is 12.1 Å². The fourth-order valence-electron chi connectivity index (χ4n) is 2.09. The van der Waals surface area contributed by atoms with Gasteiger partial charge in [0.15, 0.2) is 0 Å². The van der Waals surface area contributed by atoms with Crippen LogP contribution in [0.2, 0.25) is 0 Å². The van der Waals surface area contributed by atoms with Crippen molar-refractivity contribution in [3.63, 3.8) is 0 Å². The maximum Gasteiger partial charge on any atom is 0.340 e. The molecule has 0 unspecified atom stereocenters. The Morgan fingerprint density at radius 1 is 0.920 bits per heavy atom. The number of esters is 1. The van der Waals surface area contributed by atoms with Crippen LogP contribution in [0.1, 0.15) is 20.7 Å². The van der Waals surface area contributed by atoms with E-state index >= 15 is 0 Å². The van der Waals surface area contributed by atoms with Gasteiger partial charge in [-0.15, -0.1) is 0 Å². The van der Waals surface area contributed by atoms with Crippen molar-refractivity contribution in [1.82, 2.24) is 0 Å². The van der Waals surface area contributed by atoms with E-state index in [-0.39, 0.29) is 17.0 Å². The number of ether oxygens (including phenoxy) is 3. The van der Waals surface area contributed by atoms with Crippen LogP contribution in [0, 0.1) is 11.6 Å². The van der Waals surface area contributed by atoms with E-state index in [1.807, 2.05) is 0 Å². The maximum absolute atomic E-state index is 13.9. The summed E-state index contributed by atoms with van der Waals surface area (Å²) in [5, 5.41) is 2.28. The summed E-state index contributed by atoms with van der Waals surface area (Å²) in [6, 6.07) is 5.79. The largest absolute Gasteiger partial charge is 0.497 e. The van der Waals surface area contributed by atoms with E-state index in [0.29, 0.717) is 11.8 Å². The van der Waals surface area contributed by atoms with Crippen molar-refractivity contribution in [3.8, 4) is 11.5 Å². The molecular weight excluding hydrogens is 336 g/mol. The zero-order valence-electron chi connectivity index (χ0n) is 13.7. The second kappa shape index (κ2) is 7.61. The Morgan fingerprint density at radius 3 is 2.24 bits per heavy atom. The molecule has 2 aromatic rings. The number of carbonyl (C=O) groups is 2. The molecule has 0 bridgehead atoms. The molecule has 132 valence electrons. The average Bonchev–Trinajstić information content (AvgIpc) is 2.62. The van der Waals surface area contributed by atoms with E-state index in [9.17, 15) is 18.4 Å². The highest BCUT2D eigenvalue weighted by atomic mass is 19.1. The zero-order valence-corrected chi connectivity index (χ0v) is 13.7. The van der Waals surface area contributed by atoms with E-state index in [2.05, 4.69) is 10.1 Å². The summed E-state index contributed by atoms with van der Waals surface area (Å²) in [6.07, 6.45) is 0. The number of halogens is 2. The Balaban J connectivity index is 2.36. The lowest BCUT2D eigenvalue weighted by Crippen LogP contribution is -2.16. The molecule has 8 heteroatoms. The average molecular weight is 351 g/mol. The molecule has 0 aliphatic heterocycles. The predicted molar refractivity (Wildman–Crippen MR) is 85.2 cm³/mol. The molecule has 0 saturated carbocycles. The number of methoxy groups -OCH3 is 3. The van der Waals surface area contributed by atoms with Gasteiger partial charge in [0.05, 0.1) is 38.1 Å². The fourth-order valence-corrected chi connectivity index (χ4v) is 2.09. The van der Waals surface area contributed by atoms with Crippen LogP contribution < -0.4 is 14.8 Å². The van der Waals surface area contributed by atoms with Crippen molar-refractivity contribution in [2.24, 2.45) is 0 Å². The number of hydrogen-bond donors (Lipinski definition) is 1. The first-order valence-electron chi connectivity index (χ1n) is 7.02. The van der Waals surface area contributed by atoms with Gasteiger partial charge in [-0.2, -0.15) is 0 Å². The van der Waals surface area contributed by atoms with E-state index in [0.717, 1.165) is 13.2 Å². The molecule has 0 spiro atoms. The van der Waals surface area contributed by atoms with Crippen molar-refractivity contribution < 1.29 is 32.6 Å². The minimum atomic E-state index is -1.09. The second-order valence-electron chi connectivity index (χ2n) is 4.82. The van der Waals surface area contributed by atoms with Crippen LogP contribution in [0.3, 0.4) is 0 Å². The third-order valence-corrected chi connectivity index (χ3v) is 3.36. The predicted octanol–water partition coefficient (Wildman–Crippen LogP) is 3.02.